The lowest BCUT2D eigenvalue weighted by Crippen LogP contribution is -2.59. The highest BCUT2D eigenvalue weighted by molar-refractivity contribution is 5.70. The fraction of sp³-hybridized carbons (Fsp3) is 0.900. The molecule has 0 amide bonds. The van der Waals surface area contributed by atoms with Crippen LogP contribution in [0.25, 0.3) is 1.43 Å². The number of hydrogen-bond acceptors (Lipinski definition) is 4. The molecule has 4 nitrogen and oxygen atoms in total. The van der Waals surface area contributed by atoms with E-state index in [4.69, 9.17) is 1.43 Å². The zero-order valence-corrected chi connectivity index (χ0v) is 9.20. The van der Waals surface area contributed by atoms with E-state index in [1.54, 1.807) is 0 Å². The lowest BCUT2D eigenvalue weighted by molar-refractivity contribution is -0.251. The van der Waals surface area contributed by atoms with E-state index >= 15 is 0 Å². The van der Waals surface area contributed by atoms with E-state index in [1.807, 2.05) is 27.7 Å². The lowest BCUT2D eigenvalue weighted by atomic mass is 9.75. The van der Waals surface area contributed by atoms with Crippen molar-refractivity contribution in [3.05, 3.63) is 0 Å². The Labute approximate surface area is 86.0 Å². The summed E-state index contributed by atoms with van der Waals surface area (Å²) < 4.78 is 6.63. The van der Waals surface area contributed by atoms with Crippen LogP contribution in [0.2, 0.25) is 0 Å². The highest BCUT2D eigenvalue weighted by Crippen LogP contribution is 2.39. The SMILES string of the molecule is [3H]OC(=O)C1CC(C)(C)N(O)C(C)(C)C1. The molecule has 0 unspecified atom stereocenters. The highest BCUT2D eigenvalue weighted by atomic mass is 16.5. The standard InChI is InChI=1S/C10H19NO3/c1-9(2)5-7(8(12)13)6-10(3,4)11(9)14/h7,14H,5-6H2,1-4H3,(H,12,13)/i/hT. The Kier molecular flexibility index (Phi) is 2.27. The number of piperidine rings is 1. The second-order valence-corrected chi connectivity index (χ2v) is 5.36. The Morgan fingerprint density at radius 3 is 2.14 bits per heavy atom. The number of hydroxylamine groups is 2. The van der Waals surface area contributed by atoms with E-state index in [-0.39, 0.29) is 5.92 Å². The molecule has 0 aromatic rings. The van der Waals surface area contributed by atoms with Crippen LogP contribution in [0.5, 0.6) is 0 Å². The molecule has 0 aromatic carbocycles. The van der Waals surface area contributed by atoms with E-state index < -0.39 is 17.0 Å². The third-order valence-corrected chi connectivity index (χ3v) is 2.97. The molecule has 1 rings (SSSR count). The van der Waals surface area contributed by atoms with Crippen molar-refractivity contribution < 1.29 is 15.1 Å². The van der Waals surface area contributed by atoms with Crippen molar-refractivity contribution in [1.29, 1.82) is 1.43 Å². The summed E-state index contributed by atoms with van der Waals surface area (Å²) in [5, 5.41) is 15.3. The smallest absolute Gasteiger partial charge is 0.306 e. The lowest BCUT2D eigenvalue weighted by Gasteiger charge is -2.50. The summed E-state index contributed by atoms with van der Waals surface area (Å²) in [5.74, 6) is -0.819. The fourth-order valence-electron chi connectivity index (χ4n) is 2.44. The summed E-state index contributed by atoms with van der Waals surface area (Å²) in [6, 6.07) is 0. The third-order valence-electron chi connectivity index (χ3n) is 2.97. The fourth-order valence-corrected chi connectivity index (χ4v) is 2.44. The molecule has 82 valence electrons. The van der Waals surface area contributed by atoms with Crippen LogP contribution in [0.3, 0.4) is 0 Å². The van der Waals surface area contributed by atoms with Crippen LogP contribution < -0.4 is 0 Å². The maximum absolute atomic E-state index is 11.3. The molecular formula is C10H19NO3. The molecular weight excluding hydrogens is 182 g/mol. The predicted molar refractivity (Wildman–Crippen MR) is 52.1 cm³/mol. The normalized spacial score (nSPS) is 28.2. The zero-order valence-electron chi connectivity index (χ0n) is 10.2. The largest absolute Gasteiger partial charge is 0.481 e. The maximum Gasteiger partial charge on any atom is 0.306 e. The second kappa shape index (κ2) is 3.21. The first-order chi connectivity index (χ1) is 6.70. The Morgan fingerprint density at radius 2 is 1.79 bits per heavy atom. The molecule has 0 aromatic heterocycles. The first kappa shape index (κ1) is 9.93. The van der Waals surface area contributed by atoms with Gasteiger partial charge in [-0.25, -0.2) is 0 Å². The van der Waals surface area contributed by atoms with Crippen LogP contribution in [0, 0.1) is 5.92 Å². The van der Waals surface area contributed by atoms with Gasteiger partial charge in [-0.05, 0) is 40.5 Å². The Balaban J connectivity index is 2.89. The number of aliphatic carboxylic acids is 1. The third kappa shape index (κ3) is 1.91. The molecule has 1 fully saturated rings. The average molecular weight is 203 g/mol. The minimum Gasteiger partial charge on any atom is -0.481 e. The summed E-state index contributed by atoms with van der Waals surface area (Å²) in [5.41, 5.74) is -0.943. The van der Waals surface area contributed by atoms with Gasteiger partial charge in [-0.2, -0.15) is 5.06 Å². The first-order valence-corrected chi connectivity index (χ1v) is 4.87. The number of nitrogens with zero attached hydrogens (tertiary/aromatic N) is 1. The van der Waals surface area contributed by atoms with Gasteiger partial charge in [0.1, 0.15) is 0 Å². The molecule has 2 N–H and O–H groups in total. The molecule has 0 radical (unpaired) electrons. The van der Waals surface area contributed by atoms with Crippen LogP contribution in [0.1, 0.15) is 40.5 Å². The van der Waals surface area contributed by atoms with Crippen molar-refractivity contribution in [1.82, 2.24) is 5.06 Å². The quantitative estimate of drug-likeness (QED) is 0.681. The maximum atomic E-state index is 11.3. The molecule has 4 heteroatoms. The van der Waals surface area contributed by atoms with E-state index in [9.17, 15) is 10.0 Å². The minimum atomic E-state index is -0.510. The van der Waals surface area contributed by atoms with Gasteiger partial charge in [0.15, 0.2) is 0 Å². The van der Waals surface area contributed by atoms with Gasteiger partial charge in [0.2, 0.25) is 0 Å². The zero-order chi connectivity index (χ0) is 11.9. The van der Waals surface area contributed by atoms with Gasteiger partial charge in [-0.3, -0.25) is 4.79 Å². The van der Waals surface area contributed by atoms with Crippen molar-refractivity contribution in [2.75, 3.05) is 0 Å². The highest BCUT2D eigenvalue weighted by Gasteiger charge is 2.47. The summed E-state index contributed by atoms with van der Waals surface area (Å²) in [7, 11) is 0. The van der Waals surface area contributed by atoms with Gasteiger partial charge >= 0.3 is 5.97 Å². The van der Waals surface area contributed by atoms with Crippen LogP contribution in [0.15, 0.2) is 0 Å². The van der Waals surface area contributed by atoms with E-state index in [2.05, 4.69) is 5.11 Å². The van der Waals surface area contributed by atoms with Gasteiger partial charge < -0.3 is 10.3 Å². The summed E-state index contributed by atoms with van der Waals surface area (Å²) >= 11 is 0. The molecule has 1 heterocycles. The van der Waals surface area contributed by atoms with Gasteiger partial charge in [0.25, 0.3) is 1.43 Å². The summed E-state index contributed by atoms with van der Waals surface area (Å²) in [4.78, 5) is 11.3. The van der Waals surface area contributed by atoms with Gasteiger partial charge in [0.05, 0.1) is 5.92 Å². The van der Waals surface area contributed by atoms with Crippen molar-refractivity contribution in [3.8, 4) is 0 Å². The van der Waals surface area contributed by atoms with Crippen LogP contribution in [-0.2, 0) is 4.79 Å². The molecule has 1 aliphatic rings. The predicted octanol–water partition coefficient (Wildman–Crippen LogP) is 1.73. The Bertz CT molecular complexity index is 247. The van der Waals surface area contributed by atoms with Crippen molar-refractivity contribution >= 4 is 5.97 Å². The number of hydrogen-bond donors (Lipinski definition) is 2. The Hall–Kier alpha value is -0.610. The average Bonchev–Trinajstić information content (AvgIpc) is 2.11. The molecule has 0 bridgehead atoms. The molecule has 0 saturated carbocycles. The number of carboxylic acid groups (broad SMARTS) is 1. The Morgan fingerprint density at radius 1 is 1.36 bits per heavy atom. The van der Waals surface area contributed by atoms with E-state index in [0.29, 0.717) is 12.8 Å². The van der Waals surface area contributed by atoms with Gasteiger partial charge in [-0.15, -0.1) is 0 Å². The van der Waals surface area contributed by atoms with Crippen molar-refractivity contribution in [2.24, 2.45) is 5.92 Å². The number of carbonyl (C=O) groups is 1. The molecule has 1 saturated heterocycles. The molecule has 1 aliphatic heterocycles. The second-order valence-electron chi connectivity index (χ2n) is 5.36. The monoisotopic (exact) mass is 203 g/mol. The van der Waals surface area contributed by atoms with Crippen LogP contribution in [0.4, 0.5) is 0 Å². The van der Waals surface area contributed by atoms with Crippen LogP contribution in [-0.4, -0.2) is 32.4 Å². The van der Waals surface area contributed by atoms with E-state index in [1.165, 1.54) is 5.06 Å². The van der Waals surface area contributed by atoms with Gasteiger partial charge in [0, 0.05) is 11.1 Å². The van der Waals surface area contributed by atoms with Crippen molar-refractivity contribution in [2.45, 2.75) is 51.6 Å². The molecule has 0 aliphatic carbocycles. The molecule has 0 spiro atoms. The number of carboxylic acids is 1. The summed E-state index contributed by atoms with van der Waals surface area (Å²) in [6.07, 6.45) is 1.01. The van der Waals surface area contributed by atoms with Crippen LogP contribution >= 0.6 is 0 Å². The number of rotatable bonds is 1. The molecule has 0 atom stereocenters. The minimum absolute atomic E-state index is 0.309. The topological polar surface area (TPSA) is 60.8 Å². The molecule has 14 heavy (non-hydrogen) atoms. The first-order valence-electron chi connectivity index (χ1n) is 5.28. The van der Waals surface area contributed by atoms with E-state index in [0.717, 1.165) is 0 Å². The van der Waals surface area contributed by atoms with Crippen molar-refractivity contribution in [3.63, 3.8) is 0 Å². The van der Waals surface area contributed by atoms with Gasteiger partial charge in [-0.1, -0.05) is 0 Å². The summed E-state index contributed by atoms with van der Waals surface area (Å²) in [6.45, 7) is 7.49.